The van der Waals surface area contributed by atoms with E-state index in [9.17, 15) is 4.79 Å². The molecular weight excluding hydrogens is 511 g/mol. The van der Waals surface area contributed by atoms with Crippen LogP contribution in [0.25, 0.3) is 16.7 Å². The van der Waals surface area contributed by atoms with Gasteiger partial charge in [-0.15, -0.1) is 11.8 Å². The van der Waals surface area contributed by atoms with Crippen molar-refractivity contribution < 1.29 is 14.6 Å². The predicted molar refractivity (Wildman–Crippen MR) is 150 cm³/mol. The first-order valence-corrected chi connectivity index (χ1v) is 13.0. The summed E-state index contributed by atoms with van der Waals surface area (Å²) in [5.74, 6) is 0.343. The Morgan fingerprint density at radius 2 is 1.56 bits per heavy atom. The number of halogens is 2. The van der Waals surface area contributed by atoms with Crippen LogP contribution in [-0.2, 0) is 4.79 Å². The fraction of sp³-hybridized carbons (Fsp3) is 0.100. The molecule has 0 aliphatic heterocycles. The number of thioether (sulfide) groups is 1. The number of rotatable bonds is 9. The van der Waals surface area contributed by atoms with Gasteiger partial charge in [0, 0.05) is 20.7 Å². The minimum Gasteiger partial charge on any atom is -0.482 e. The van der Waals surface area contributed by atoms with Crippen molar-refractivity contribution in [3.05, 3.63) is 124 Å². The molecule has 0 spiro atoms. The molecular formula is C30H24Cl2O3S. The van der Waals surface area contributed by atoms with E-state index in [-0.39, 0.29) is 6.61 Å². The van der Waals surface area contributed by atoms with Crippen LogP contribution in [0.2, 0.25) is 10.0 Å². The Morgan fingerprint density at radius 3 is 2.19 bits per heavy atom. The Labute approximate surface area is 225 Å². The lowest BCUT2D eigenvalue weighted by molar-refractivity contribution is -0.139. The first-order valence-electron chi connectivity index (χ1n) is 11.3. The first kappa shape index (κ1) is 25.9. The van der Waals surface area contributed by atoms with Gasteiger partial charge >= 0.3 is 5.97 Å². The van der Waals surface area contributed by atoms with Crippen molar-refractivity contribution in [2.45, 2.75) is 11.8 Å². The van der Waals surface area contributed by atoms with Crippen molar-refractivity contribution in [3.8, 4) is 16.9 Å². The maximum absolute atomic E-state index is 10.8. The zero-order valence-corrected chi connectivity index (χ0v) is 21.9. The highest BCUT2D eigenvalue weighted by Crippen LogP contribution is 2.31. The monoisotopic (exact) mass is 534 g/mol. The largest absolute Gasteiger partial charge is 0.482 e. The molecule has 182 valence electrons. The standard InChI is InChI=1S/C30H24Cl2O3S/c1-20-17-27(13-14-29(20)35-19-30(33)34)36-16-15-28(23-9-11-25(31)12-10-23)22-7-5-21(6-8-22)24-3-2-4-26(32)18-24/h2-15,17-18H,16,19H2,1H3,(H,33,34)/b28-15+. The number of carboxylic acid groups (broad SMARTS) is 1. The average molecular weight is 535 g/mol. The predicted octanol–water partition coefficient (Wildman–Crippen LogP) is 8.66. The third-order valence-electron chi connectivity index (χ3n) is 5.54. The van der Waals surface area contributed by atoms with Crippen molar-refractivity contribution in [1.29, 1.82) is 0 Å². The summed E-state index contributed by atoms with van der Waals surface area (Å²) in [6.45, 7) is 1.56. The molecule has 0 fully saturated rings. The van der Waals surface area contributed by atoms with Crippen LogP contribution in [0, 0.1) is 6.92 Å². The summed E-state index contributed by atoms with van der Waals surface area (Å²) in [5.41, 5.74) is 6.40. The van der Waals surface area contributed by atoms with Gasteiger partial charge in [-0.05, 0) is 82.8 Å². The minimum atomic E-state index is -0.992. The van der Waals surface area contributed by atoms with Crippen LogP contribution in [0.5, 0.6) is 5.75 Å². The molecule has 0 aromatic heterocycles. The Kier molecular flexibility index (Phi) is 8.76. The van der Waals surface area contributed by atoms with Crippen LogP contribution in [0.3, 0.4) is 0 Å². The third kappa shape index (κ3) is 6.94. The summed E-state index contributed by atoms with van der Waals surface area (Å²) < 4.78 is 5.33. The van der Waals surface area contributed by atoms with Gasteiger partial charge in [0.15, 0.2) is 6.61 Å². The summed E-state index contributed by atoms with van der Waals surface area (Å²) in [6, 6.07) is 29.9. The lowest BCUT2D eigenvalue weighted by Crippen LogP contribution is -2.09. The quantitative estimate of drug-likeness (QED) is 0.218. The Bertz CT molecular complexity index is 1380. The number of carbonyl (C=O) groups is 1. The smallest absolute Gasteiger partial charge is 0.341 e. The second-order valence-corrected chi connectivity index (χ2v) is 10.1. The van der Waals surface area contributed by atoms with E-state index in [4.69, 9.17) is 33.0 Å². The molecule has 4 aromatic rings. The number of ether oxygens (including phenoxy) is 1. The molecule has 0 amide bonds. The minimum absolute atomic E-state index is 0.351. The van der Waals surface area contributed by atoms with Crippen molar-refractivity contribution in [3.63, 3.8) is 0 Å². The molecule has 6 heteroatoms. The van der Waals surface area contributed by atoms with E-state index in [1.165, 1.54) is 0 Å². The van der Waals surface area contributed by atoms with E-state index in [0.717, 1.165) is 44.0 Å². The molecule has 0 aliphatic rings. The zero-order chi connectivity index (χ0) is 25.5. The number of hydrogen-bond acceptors (Lipinski definition) is 3. The van der Waals surface area contributed by atoms with E-state index in [0.29, 0.717) is 15.8 Å². The van der Waals surface area contributed by atoms with Crippen molar-refractivity contribution >= 4 is 46.5 Å². The number of aryl methyl sites for hydroxylation is 1. The normalized spacial score (nSPS) is 11.4. The van der Waals surface area contributed by atoms with Crippen LogP contribution >= 0.6 is 35.0 Å². The maximum Gasteiger partial charge on any atom is 0.341 e. The average Bonchev–Trinajstić information content (AvgIpc) is 2.87. The number of carboxylic acids is 1. The molecule has 0 unspecified atom stereocenters. The van der Waals surface area contributed by atoms with E-state index in [1.54, 1.807) is 11.8 Å². The molecule has 0 radical (unpaired) electrons. The summed E-state index contributed by atoms with van der Waals surface area (Å²) >= 11 is 14.0. The Morgan fingerprint density at radius 1 is 0.861 bits per heavy atom. The molecule has 4 aromatic carbocycles. The van der Waals surface area contributed by atoms with Crippen LogP contribution in [0.15, 0.2) is 102 Å². The molecule has 3 nitrogen and oxygen atoms in total. The molecule has 0 atom stereocenters. The summed E-state index contributed by atoms with van der Waals surface area (Å²) in [4.78, 5) is 11.8. The van der Waals surface area contributed by atoms with Gasteiger partial charge in [-0.3, -0.25) is 0 Å². The highest BCUT2D eigenvalue weighted by Gasteiger charge is 2.08. The summed E-state index contributed by atoms with van der Waals surface area (Å²) in [7, 11) is 0. The van der Waals surface area contributed by atoms with Crippen LogP contribution in [0.1, 0.15) is 16.7 Å². The van der Waals surface area contributed by atoms with Crippen LogP contribution in [0.4, 0.5) is 0 Å². The van der Waals surface area contributed by atoms with Gasteiger partial charge < -0.3 is 9.84 Å². The molecule has 0 heterocycles. The Hall–Kier alpha value is -3.18. The molecule has 0 saturated carbocycles. The Balaban J connectivity index is 1.55. The van der Waals surface area contributed by atoms with Gasteiger partial charge in [0.25, 0.3) is 0 Å². The van der Waals surface area contributed by atoms with Crippen LogP contribution in [-0.4, -0.2) is 23.4 Å². The molecule has 0 aliphatic carbocycles. The van der Waals surface area contributed by atoms with Crippen molar-refractivity contribution in [2.24, 2.45) is 0 Å². The first-order chi connectivity index (χ1) is 17.4. The van der Waals surface area contributed by atoms with Crippen molar-refractivity contribution in [1.82, 2.24) is 0 Å². The van der Waals surface area contributed by atoms with E-state index < -0.39 is 5.97 Å². The van der Waals surface area contributed by atoms with Crippen LogP contribution < -0.4 is 4.74 Å². The maximum atomic E-state index is 10.8. The molecule has 36 heavy (non-hydrogen) atoms. The summed E-state index contributed by atoms with van der Waals surface area (Å²) in [6.07, 6.45) is 2.21. The van der Waals surface area contributed by atoms with E-state index >= 15 is 0 Å². The lowest BCUT2D eigenvalue weighted by atomic mass is 9.95. The molecule has 4 rings (SSSR count). The lowest BCUT2D eigenvalue weighted by Gasteiger charge is -2.11. The second kappa shape index (κ2) is 12.2. The fourth-order valence-corrected chi connectivity index (χ4v) is 4.96. The molecule has 1 N–H and O–H groups in total. The van der Waals surface area contributed by atoms with Gasteiger partial charge in [-0.1, -0.05) is 77.8 Å². The zero-order valence-electron chi connectivity index (χ0n) is 19.6. The van der Waals surface area contributed by atoms with E-state index in [2.05, 4.69) is 30.3 Å². The third-order valence-corrected chi connectivity index (χ3v) is 6.95. The number of hydrogen-bond donors (Lipinski definition) is 1. The summed E-state index contributed by atoms with van der Waals surface area (Å²) in [5, 5.41) is 10.2. The highest BCUT2D eigenvalue weighted by molar-refractivity contribution is 7.99. The van der Waals surface area contributed by atoms with Gasteiger partial charge in [-0.2, -0.15) is 0 Å². The highest BCUT2D eigenvalue weighted by atomic mass is 35.5. The molecule has 0 saturated heterocycles. The SMILES string of the molecule is Cc1cc(SC/C=C(/c2ccc(Cl)cc2)c2ccc(-c3cccc(Cl)c3)cc2)ccc1OCC(=O)O. The van der Waals surface area contributed by atoms with E-state index in [1.807, 2.05) is 73.7 Å². The second-order valence-electron chi connectivity index (χ2n) is 8.13. The van der Waals surface area contributed by atoms with Crippen molar-refractivity contribution in [2.75, 3.05) is 12.4 Å². The topological polar surface area (TPSA) is 46.5 Å². The molecule has 0 bridgehead atoms. The van der Waals surface area contributed by atoms with Gasteiger partial charge in [0.05, 0.1) is 0 Å². The number of aliphatic carboxylic acids is 1. The fourth-order valence-electron chi connectivity index (χ4n) is 3.78. The van der Waals surface area contributed by atoms with Gasteiger partial charge in [0.2, 0.25) is 0 Å². The van der Waals surface area contributed by atoms with Gasteiger partial charge in [-0.25, -0.2) is 4.79 Å². The van der Waals surface area contributed by atoms with Gasteiger partial charge in [0.1, 0.15) is 5.75 Å². The number of benzene rings is 4.